The van der Waals surface area contributed by atoms with Crippen LogP contribution in [0.2, 0.25) is 0 Å². The van der Waals surface area contributed by atoms with Gasteiger partial charge in [-0.15, -0.1) is 5.10 Å². The van der Waals surface area contributed by atoms with Crippen LogP contribution in [0, 0.1) is 0 Å². The highest BCUT2D eigenvalue weighted by molar-refractivity contribution is 5.97. The highest BCUT2D eigenvalue weighted by Gasteiger charge is 1.98. The van der Waals surface area contributed by atoms with Gasteiger partial charge in [-0.25, -0.2) is 11.0 Å². The molecule has 6 N–H and O–H groups in total. The monoisotopic (exact) mass is 193 g/mol. The molecule has 5 heteroatoms. The normalized spacial score (nSPS) is 11.4. The maximum absolute atomic E-state index is 5.71. The van der Waals surface area contributed by atoms with E-state index < -0.39 is 0 Å². The smallest absolute Gasteiger partial charge is 0.152 e. The molecule has 0 bridgehead atoms. The van der Waals surface area contributed by atoms with Crippen molar-refractivity contribution in [2.24, 2.45) is 16.7 Å². The Bertz CT molecular complexity index is 316. The van der Waals surface area contributed by atoms with Crippen LogP contribution in [-0.4, -0.2) is 17.5 Å². The molecule has 0 aliphatic heterocycles. The lowest BCUT2D eigenvalue weighted by Crippen LogP contribution is -2.29. The number of anilines is 1. The minimum Gasteiger partial charge on any atom is -0.399 e. The second-order valence-electron chi connectivity index (χ2n) is 2.86. The Morgan fingerprint density at radius 2 is 1.93 bits per heavy atom. The van der Waals surface area contributed by atoms with Crippen molar-refractivity contribution < 1.29 is 0 Å². The molecule has 0 fully saturated rings. The SMILES string of the molecule is CCN(N)/N=C(\N)c1ccc(N)cc1. The summed E-state index contributed by atoms with van der Waals surface area (Å²) in [6.07, 6.45) is 0. The number of rotatable bonds is 3. The molecule has 1 aromatic rings. The van der Waals surface area contributed by atoms with Gasteiger partial charge in [0.05, 0.1) is 6.54 Å². The van der Waals surface area contributed by atoms with Crippen LogP contribution in [0.15, 0.2) is 29.4 Å². The molecular formula is C9H15N5. The molecule has 5 nitrogen and oxygen atoms in total. The summed E-state index contributed by atoms with van der Waals surface area (Å²) in [7, 11) is 0. The molecule has 1 rings (SSSR count). The molecule has 0 aliphatic rings. The summed E-state index contributed by atoms with van der Waals surface area (Å²) in [4.78, 5) is 0. The predicted molar refractivity (Wildman–Crippen MR) is 58.1 cm³/mol. The van der Waals surface area contributed by atoms with Crippen LogP contribution >= 0.6 is 0 Å². The van der Waals surface area contributed by atoms with Crippen LogP contribution < -0.4 is 17.3 Å². The van der Waals surface area contributed by atoms with Gasteiger partial charge in [0, 0.05) is 11.3 Å². The fourth-order valence-corrected chi connectivity index (χ4v) is 0.921. The molecular weight excluding hydrogens is 178 g/mol. The first-order valence-corrected chi connectivity index (χ1v) is 4.35. The number of hydrogen-bond acceptors (Lipinski definition) is 4. The maximum atomic E-state index is 5.71. The van der Waals surface area contributed by atoms with Crippen molar-refractivity contribution in [2.75, 3.05) is 12.3 Å². The molecule has 14 heavy (non-hydrogen) atoms. The molecule has 0 heterocycles. The molecule has 1 aromatic carbocycles. The summed E-state index contributed by atoms with van der Waals surface area (Å²) < 4.78 is 0. The van der Waals surface area contributed by atoms with Gasteiger partial charge in [-0.1, -0.05) is 0 Å². The highest BCUT2D eigenvalue weighted by atomic mass is 15.6. The van der Waals surface area contributed by atoms with Gasteiger partial charge in [0.15, 0.2) is 5.84 Å². The standard InChI is InChI=1S/C9H15N5/c1-2-14(12)13-9(11)7-3-5-8(10)6-4-7/h3-6H,2,10,12H2,1H3,(H2,11,13). The van der Waals surface area contributed by atoms with Crippen LogP contribution in [0.4, 0.5) is 5.69 Å². The highest BCUT2D eigenvalue weighted by Crippen LogP contribution is 2.04. The van der Waals surface area contributed by atoms with Crippen molar-refractivity contribution in [3.8, 4) is 0 Å². The van der Waals surface area contributed by atoms with Crippen LogP contribution in [0.25, 0.3) is 0 Å². The molecule has 0 saturated carbocycles. The number of benzene rings is 1. The fourth-order valence-electron chi connectivity index (χ4n) is 0.921. The van der Waals surface area contributed by atoms with Crippen molar-refractivity contribution in [2.45, 2.75) is 6.92 Å². The third-order valence-electron chi connectivity index (χ3n) is 1.77. The maximum Gasteiger partial charge on any atom is 0.152 e. The Labute approximate surface area is 83.1 Å². The number of nitrogens with zero attached hydrogens (tertiary/aromatic N) is 2. The second-order valence-corrected chi connectivity index (χ2v) is 2.86. The average molecular weight is 193 g/mol. The zero-order chi connectivity index (χ0) is 10.6. The number of amidine groups is 1. The van der Waals surface area contributed by atoms with Crippen LogP contribution in [-0.2, 0) is 0 Å². The topological polar surface area (TPSA) is 93.7 Å². The summed E-state index contributed by atoms with van der Waals surface area (Å²) in [6.45, 7) is 2.50. The van der Waals surface area contributed by atoms with E-state index >= 15 is 0 Å². The summed E-state index contributed by atoms with van der Waals surface area (Å²) in [5, 5.41) is 5.24. The van der Waals surface area contributed by atoms with Crippen molar-refractivity contribution >= 4 is 11.5 Å². The molecule has 0 spiro atoms. The van der Waals surface area contributed by atoms with Crippen molar-refractivity contribution in [1.82, 2.24) is 5.12 Å². The largest absolute Gasteiger partial charge is 0.399 e. The van der Waals surface area contributed by atoms with E-state index in [1.807, 2.05) is 6.92 Å². The molecule has 0 radical (unpaired) electrons. The average Bonchev–Trinajstić information content (AvgIpc) is 2.18. The third-order valence-corrected chi connectivity index (χ3v) is 1.77. The van der Waals surface area contributed by atoms with E-state index in [9.17, 15) is 0 Å². The van der Waals surface area contributed by atoms with E-state index in [2.05, 4.69) is 5.10 Å². The molecule has 0 atom stereocenters. The van der Waals surface area contributed by atoms with E-state index in [-0.39, 0.29) is 0 Å². The first kappa shape index (κ1) is 10.3. The third kappa shape index (κ3) is 2.63. The Morgan fingerprint density at radius 1 is 1.36 bits per heavy atom. The van der Waals surface area contributed by atoms with Crippen LogP contribution in [0.5, 0.6) is 0 Å². The first-order chi connectivity index (χ1) is 6.63. The Morgan fingerprint density at radius 3 is 2.43 bits per heavy atom. The summed E-state index contributed by atoms with van der Waals surface area (Å²) in [5.41, 5.74) is 12.8. The van der Waals surface area contributed by atoms with Crippen molar-refractivity contribution in [3.63, 3.8) is 0 Å². The number of hydrazone groups is 1. The molecule has 0 saturated heterocycles. The minimum absolute atomic E-state index is 0.384. The Balaban J connectivity index is 2.83. The summed E-state index contributed by atoms with van der Waals surface area (Å²) >= 11 is 0. The van der Waals surface area contributed by atoms with E-state index in [4.69, 9.17) is 17.3 Å². The van der Waals surface area contributed by atoms with E-state index in [0.29, 0.717) is 18.1 Å². The lowest BCUT2D eigenvalue weighted by atomic mass is 10.2. The van der Waals surface area contributed by atoms with E-state index in [1.165, 1.54) is 5.12 Å². The predicted octanol–water partition coefficient (Wildman–Crippen LogP) is 0.0847. The van der Waals surface area contributed by atoms with Gasteiger partial charge in [0.2, 0.25) is 0 Å². The first-order valence-electron chi connectivity index (χ1n) is 4.35. The Hall–Kier alpha value is -1.75. The van der Waals surface area contributed by atoms with Gasteiger partial charge >= 0.3 is 0 Å². The molecule has 0 amide bonds. The van der Waals surface area contributed by atoms with Gasteiger partial charge in [-0.2, -0.15) is 0 Å². The fraction of sp³-hybridized carbons (Fsp3) is 0.222. The minimum atomic E-state index is 0.384. The number of nitrogens with two attached hydrogens (primary N) is 3. The van der Waals surface area contributed by atoms with Gasteiger partial charge < -0.3 is 11.5 Å². The zero-order valence-corrected chi connectivity index (χ0v) is 8.14. The van der Waals surface area contributed by atoms with Gasteiger partial charge in [-0.3, -0.25) is 0 Å². The number of hydrogen-bond donors (Lipinski definition) is 3. The second kappa shape index (κ2) is 4.48. The number of nitrogen functional groups attached to an aromatic ring is 1. The summed E-state index contributed by atoms with van der Waals surface area (Å²) in [6, 6.07) is 7.14. The van der Waals surface area contributed by atoms with Gasteiger partial charge in [-0.05, 0) is 31.2 Å². The quantitative estimate of drug-likeness (QED) is 0.208. The lowest BCUT2D eigenvalue weighted by Gasteiger charge is -2.10. The van der Waals surface area contributed by atoms with Gasteiger partial charge in [0.25, 0.3) is 0 Å². The zero-order valence-electron chi connectivity index (χ0n) is 8.14. The van der Waals surface area contributed by atoms with Crippen LogP contribution in [0.3, 0.4) is 0 Å². The number of hydrazine groups is 1. The van der Waals surface area contributed by atoms with Crippen LogP contribution in [0.1, 0.15) is 12.5 Å². The van der Waals surface area contributed by atoms with Crippen molar-refractivity contribution in [3.05, 3.63) is 29.8 Å². The Kier molecular flexibility index (Phi) is 3.30. The van der Waals surface area contributed by atoms with E-state index in [0.717, 1.165) is 5.56 Å². The molecule has 76 valence electrons. The summed E-state index contributed by atoms with van der Waals surface area (Å²) in [5.74, 6) is 5.87. The van der Waals surface area contributed by atoms with Gasteiger partial charge in [0.1, 0.15) is 0 Å². The molecule has 0 aliphatic carbocycles. The lowest BCUT2D eigenvalue weighted by molar-refractivity contribution is 0.316. The van der Waals surface area contributed by atoms with E-state index in [1.54, 1.807) is 24.3 Å². The molecule has 0 aromatic heterocycles. The molecule has 0 unspecified atom stereocenters. The van der Waals surface area contributed by atoms with Crippen molar-refractivity contribution in [1.29, 1.82) is 0 Å².